The highest BCUT2D eigenvalue weighted by Gasteiger charge is 2.22. The SMILES string of the molecule is Nc1ccc(-c2nc3c(c(=O)[nH]2)CN(Cc2cccnc2Br)CC3)cc1. The molecule has 0 unspecified atom stereocenters. The first-order valence-corrected chi connectivity index (χ1v) is 9.19. The van der Waals surface area contributed by atoms with Gasteiger partial charge in [-0.05, 0) is 51.8 Å². The Kier molecular flexibility index (Phi) is 4.57. The highest BCUT2D eigenvalue weighted by Crippen LogP contribution is 2.22. The van der Waals surface area contributed by atoms with E-state index in [2.05, 4.69) is 35.8 Å². The number of benzene rings is 1. The number of anilines is 1. The second-order valence-corrected chi connectivity index (χ2v) is 7.13. The monoisotopic (exact) mass is 411 g/mol. The van der Waals surface area contributed by atoms with Gasteiger partial charge in [-0.1, -0.05) is 6.07 Å². The van der Waals surface area contributed by atoms with Gasteiger partial charge in [0.2, 0.25) is 0 Å². The largest absolute Gasteiger partial charge is 0.399 e. The summed E-state index contributed by atoms with van der Waals surface area (Å²) in [5, 5.41) is 0. The lowest BCUT2D eigenvalue weighted by atomic mass is 10.1. The maximum atomic E-state index is 12.6. The summed E-state index contributed by atoms with van der Waals surface area (Å²) in [7, 11) is 0. The van der Waals surface area contributed by atoms with Crippen LogP contribution in [-0.2, 0) is 19.5 Å². The quantitative estimate of drug-likeness (QED) is 0.510. The number of halogens is 1. The fraction of sp³-hybridized carbons (Fsp3) is 0.211. The van der Waals surface area contributed by atoms with Crippen LogP contribution in [0.4, 0.5) is 5.69 Å². The highest BCUT2D eigenvalue weighted by molar-refractivity contribution is 9.10. The van der Waals surface area contributed by atoms with Gasteiger partial charge in [-0.2, -0.15) is 0 Å². The molecule has 1 aliphatic rings. The second-order valence-electron chi connectivity index (χ2n) is 6.38. The summed E-state index contributed by atoms with van der Waals surface area (Å²) in [6.45, 7) is 2.18. The maximum absolute atomic E-state index is 12.6. The number of nitrogens with zero attached hydrogens (tertiary/aromatic N) is 3. The second kappa shape index (κ2) is 7.01. The number of H-pyrrole nitrogens is 1. The van der Waals surface area contributed by atoms with Crippen LogP contribution in [0.15, 0.2) is 52.0 Å². The van der Waals surface area contributed by atoms with Crippen LogP contribution in [0.2, 0.25) is 0 Å². The Balaban J connectivity index is 1.59. The molecular weight excluding hydrogens is 394 g/mol. The topological polar surface area (TPSA) is 87.9 Å². The lowest BCUT2D eigenvalue weighted by Crippen LogP contribution is -2.35. The molecule has 3 aromatic rings. The number of hydrogen-bond acceptors (Lipinski definition) is 5. The first-order chi connectivity index (χ1) is 12.6. The molecule has 0 spiro atoms. The van der Waals surface area contributed by atoms with Crippen LogP contribution in [0.1, 0.15) is 16.8 Å². The number of pyridine rings is 1. The third-order valence-corrected chi connectivity index (χ3v) is 5.28. The molecule has 0 aliphatic carbocycles. The van der Waals surface area contributed by atoms with Gasteiger partial charge in [-0.3, -0.25) is 9.69 Å². The van der Waals surface area contributed by atoms with Crippen molar-refractivity contribution in [3.8, 4) is 11.4 Å². The molecule has 0 atom stereocenters. The zero-order valence-electron chi connectivity index (χ0n) is 14.1. The van der Waals surface area contributed by atoms with Crippen LogP contribution in [0, 0.1) is 0 Å². The van der Waals surface area contributed by atoms with Crippen molar-refractivity contribution in [2.75, 3.05) is 12.3 Å². The molecule has 4 rings (SSSR count). The summed E-state index contributed by atoms with van der Waals surface area (Å²) in [6, 6.07) is 11.3. The normalized spacial score (nSPS) is 14.2. The number of nitrogens with one attached hydrogen (secondary N) is 1. The Morgan fingerprint density at radius 1 is 1.23 bits per heavy atom. The molecule has 0 bridgehead atoms. The smallest absolute Gasteiger partial charge is 0.255 e. The lowest BCUT2D eigenvalue weighted by Gasteiger charge is -2.27. The van der Waals surface area contributed by atoms with Crippen molar-refractivity contribution in [3.05, 3.63) is 74.4 Å². The van der Waals surface area contributed by atoms with E-state index in [1.165, 1.54) is 0 Å². The molecule has 1 aliphatic heterocycles. The average Bonchev–Trinajstić information content (AvgIpc) is 2.64. The van der Waals surface area contributed by atoms with E-state index < -0.39 is 0 Å². The van der Waals surface area contributed by atoms with Gasteiger partial charge in [0.1, 0.15) is 10.4 Å². The maximum Gasteiger partial charge on any atom is 0.255 e. The minimum absolute atomic E-state index is 0.0724. The fourth-order valence-corrected chi connectivity index (χ4v) is 3.55. The molecule has 3 N–H and O–H groups in total. The average molecular weight is 412 g/mol. The molecule has 0 radical (unpaired) electrons. The van der Waals surface area contributed by atoms with Gasteiger partial charge in [-0.15, -0.1) is 0 Å². The first kappa shape index (κ1) is 16.9. The van der Waals surface area contributed by atoms with Gasteiger partial charge < -0.3 is 10.7 Å². The number of rotatable bonds is 3. The van der Waals surface area contributed by atoms with E-state index >= 15 is 0 Å². The third-order valence-electron chi connectivity index (χ3n) is 4.56. The van der Waals surface area contributed by atoms with E-state index in [0.29, 0.717) is 18.1 Å². The summed E-state index contributed by atoms with van der Waals surface area (Å²) >= 11 is 3.48. The van der Waals surface area contributed by atoms with Crippen LogP contribution in [0.5, 0.6) is 0 Å². The van der Waals surface area contributed by atoms with Crippen molar-refractivity contribution in [3.63, 3.8) is 0 Å². The zero-order chi connectivity index (χ0) is 18.1. The fourth-order valence-electron chi connectivity index (χ4n) is 3.17. The van der Waals surface area contributed by atoms with Gasteiger partial charge >= 0.3 is 0 Å². The molecular formula is C19H18BrN5O. The lowest BCUT2D eigenvalue weighted by molar-refractivity contribution is 0.241. The molecule has 26 heavy (non-hydrogen) atoms. The van der Waals surface area contributed by atoms with Crippen molar-refractivity contribution < 1.29 is 0 Å². The Morgan fingerprint density at radius 2 is 2.04 bits per heavy atom. The van der Waals surface area contributed by atoms with Crippen molar-refractivity contribution in [1.29, 1.82) is 0 Å². The van der Waals surface area contributed by atoms with E-state index in [-0.39, 0.29) is 5.56 Å². The van der Waals surface area contributed by atoms with Crippen LogP contribution < -0.4 is 11.3 Å². The van der Waals surface area contributed by atoms with Gasteiger partial charge in [0.05, 0.1) is 11.3 Å². The number of aromatic amines is 1. The van der Waals surface area contributed by atoms with Crippen LogP contribution in [-0.4, -0.2) is 26.4 Å². The molecule has 6 nitrogen and oxygen atoms in total. The van der Waals surface area contributed by atoms with Gasteiger partial charge in [0.25, 0.3) is 5.56 Å². The summed E-state index contributed by atoms with van der Waals surface area (Å²) in [4.78, 5) is 26.7. The van der Waals surface area contributed by atoms with Gasteiger partial charge in [0, 0.05) is 43.5 Å². The van der Waals surface area contributed by atoms with E-state index in [9.17, 15) is 4.79 Å². The molecule has 0 amide bonds. The summed E-state index contributed by atoms with van der Waals surface area (Å²) < 4.78 is 0.844. The van der Waals surface area contributed by atoms with Crippen LogP contribution >= 0.6 is 15.9 Å². The number of fused-ring (bicyclic) bond motifs is 1. The molecule has 3 heterocycles. The summed E-state index contributed by atoms with van der Waals surface area (Å²) in [5.74, 6) is 0.595. The number of nitrogen functional groups attached to an aromatic ring is 1. The van der Waals surface area contributed by atoms with Gasteiger partial charge in [-0.25, -0.2) is 9.97 Å². The summed E-state index contributed by atoms with van der Waals surface area (Å²) in [5.41, 5.74) is 9.94. The molecule has 132 valence electrons. The Morgan fingerprint density at radius 3 is 2.81 bits per heavy atom. The van der Waals surface area contributed by atoms with Crippen molar-refractivity contribution in [2.24, 2.45) is 0 Å². The number of nitrogens with two attached hydrogens (primary N) is 1. The predicted molar refractivity (Wildman–Crippen MR) is 104 cm³/mol. The third kappa shape index (κ3) is 3.40. The number of hydrogen-bond donors (Lipinski definition) is 2. The summed E-state index contributed by atoms with van der Waals surface area (Å²) in [6.07, 6.45) is 2.51. The molecule has 1 aromatic carbocycles. The molecule has 0 saturated carbocycles. The van der Waals surface area contributed by atoms with Crippen LogP contribution in [0.3, 0.4) is 0 Å². The standard InChI is InChI=1S/C19H18BrN5O/c20-17-13(2-1-8-22-17)10-25-9-7-16-15(11-25)19(26)24-18(23-16)12-3-5-14(21)6-4-12/h1-6,8H,7,9-11,21H2,(H,23,24,26). The Bertz CT molecular complexity index is 1000. The van der Waals surface area contributed by atoms with Crippen LogP contribution in [0.25, 0.3) is 11.4 Å². The number of aromatic nitrogens is 3. The van der Waals surface area contributed by atoms with E-state index in [4.69, 9.17) is 5.73 Å². The minimum Gasteiger partial charge on any atom is -0.399 e. The minimum atomic E-state index is -0.0724. The predicted octanol–water partition coefficient (Wildman–Crippen LogP) is 2.73. The molecule has 0 saturated heterocycles. The van der Waals surface area contributed by atoms with Gasteiger partial charge in [0.15, 0.2) is 0 Å². The Labute approximate surface area is 159 Å². The molecule has 2 aromatic heterocycles. The Hall–Kier alpha value is -2.51. The zero-order valence-corrected chi connectivity index (χ0v) is 15.7. The van der Waals surface area contributed by atoms with Crippen molar-refractivity contribution in [1.82, 2.24) is 19.9 Å². The molecule has 0 fully saturated rings. The van der Waals surface area contributed by atoms with Crippen molar-refractivity contribution >= 4 is 21.6 Å². The first-order valence-electron chi connectivity index (χ1n) is 8.40. The van der Waals surface area contributed by atoms with E-state index in [1.807, 2.05) is 36.4 Å². The van der Waals surface area contributed by atoms with E-state index in [0.717, 1.165) is 46.5 Å². The van der Waals surface area contributed by atoms with Crippen molar-refractivity contribution in [2.45, 2.75) is 19.5 Å². The highest BCUT2D eigenvalue weighted by atomic mass is 79.9. The molecule has 7 heteroatoms. The van der Waals surface area contributed by atoms with E-state index in [1.54, 1.807) is 6.20 Å².